The van der Waals surface area contributed by atoms with Gasteiger partial charge in [0.1, 0.15) is 6.04 Å². The lowest BCUT2D eigenvalue weighted by molar-refractivity contribution is 0.780. The summed E-state index contributed by atoms with van der Waals surface area (Å²) in [6.45, 7) is 1.74. The highest BCUT2D eigenvalue weighted by molar-refractivity contribution is 7.71. The van der Waals surface area contributed by atoms with E-state index >= 15 is 0 Å². The van der Waals surface area contributed by atoms with Gasteiger partial charge in [0.05, 0.1) is 5.69 Å². The maximum absolute atomic E-state index is 10.4. The fraction of sp³-hybridized carbons (Fsp3) is 0.222. The van der Waals surface area contributed by atoms with Gasteiger partial charge < -0.3 is 0 Å². The van der Waals surface area contributed by atoms with E-state index in [0.29, 0.717) is 4.77 Å². The van der Waals surface area contributed by atoms with E-state index in [2.05, 4.69) is 20.7 Å². The van der Waals surface area contributed by atoms with E-state index < -0.39 is 0 Å². The number of nitrogens with zero attached hydrogens (tertiary/aromatic N) is 4. The van der Waals surface area contributed by atoms with Gasteiger partial charge in [0.2, 0.25) is 4.77 Å². The molecule has 1 unspecified atom stereocenters. The van der Waals surface area contributed by atoms with Crippen LogP contribution in [0.3, 0.4) is 0 Å². The van der Waals surface area contributed by atoms with Crippen LogP contribution in [0.2, 0.25) is 0 Å². The zero-order chi connectivity index (χ0) is 11.5. The van der Waals surface area contributed by atoms with Crippen molar-refractivity contribution >= 4 is 12.2 Å². The molecule has 16 heavy (non-hydrogen) atoms. The second kappa shape index (κ2) is 4.31. The van der Waals surface area contributed by atoms with Gasteiger partial charge in [0, 0.05) is 0 Å². The molecule has 1 atom stereocenters. The van der Waals surface area contributed by atoms with Crippen LogP contribution in [0.15, 0.2) is 29.4 Å². The molecule has 2 rings (SSSR count). The highest BCUT2D eigenvalue weighted by atomic mass is 32.1. The van der Waals surface area contributed by atoms with Gasteiger partial charge in [-0.05, 0) is 36.8 Å². The summed E-state index contributed by atoms with van der Waals surface area (Å²) in [6, 6.07) is 6.95. The Hall–Kier alpha value is -1.89. The number of hydrogen-bond acceptors (Lipinski definition) is 5. The molecule has 0 aliphatic heterocycles. The Morgan fingerprint density at radius 1 is 1.44 bits per heavy atom. The van der Waals surface area contributed by atoms with Crippen molar-refractivity contribution in [2.75, 3.05) is 0 Å². The van der Waals surface area contributed by atoms with E-state index in [1.807, 2.05) is 24.3 Å². The van der Waals surface area contributed by atoms with E-state index in [1.54, 1.807) is 11.6 Å². The fourth-order valence-electron chi connectivity index (χ4n) is 1.33. The number of nitroso groups, excluding NO2 is 1. The number of aromatic amines is 1. The maximum atomic E-state index is 10.4. The lowest BCUT2D eigenvalue weighted by Gasteiger charge is -2.04. The standard InChI is InChI=1S/C9H9N5OS/c1-6(11-15)7-2-4-8(5-3-7)14-9(16)10-12-13-14/h2-6H,1H3,(H,10,13,16). The lowest BCUT2D eigenvalue weighted by atomic mass is 10.1. The molecular formula is C9H9N5OS. The third-order valence-corrected chi connectivity index (χ3v) is 2.53. The lowest BCUT2D eigenvalue weighted by Crippen LogP contribution is -1.97. The van der Waals surface area contributed by atoms with Crippen molar-refractivity contribution in [3.8, 4) is 5.69 Å². The molecule has 1 N–H and O–H groups in total. The Balaban J connectivity index is 2.37. The number of H-pyrrole nitrogens is 1. The van der Waals surface area contributed by atoms with Crippen LogP contribution in [0, 0.1) is 9.68 Å². The molecule has 0 spiro atoms. The van der Waals surface area contributed by atoms with Crippen LogP contribution in [-0.2, 0) is 0 Å². The van der Waals surface area contributed by atoms with E-state index in [9.17, 15) is 4.91 Å². The summed E-state index contributed by atoms with van der Waals surface area (Å²) in [6.07, 6.45) is 0. The molecule has 2 aromatic rings. The Morgan fingerprint density at radius 2 is 2.12 bits per heavy atom. The van der Waals surface area contributed by atoms with E-state index in [-0.39, 0.29) is 6.04 Å². The molecule has 0 aliphatic carbocycles. The van der Waals surface area contributed by atoms with Crippen molar-refractivity contribution in [3.05, 3.63) is 39.5 Å². The van der Waals surface area contributed by atoms with Crippen LogP contribution in [0.25, 0.3) is 5.69 Å². The van der Waals surface area contributed by atoms with Gasteiger partial charge in [0.25, 0.3) is 0 Å². The Bertz CT molecular complexity index is 544. The number of aromatic nitrogens is 4. The molecule has 1 aromatic carbocycles. The summed E-state index contributed by atoms with van der Waals surface area (Å²) in [4.78, 5) is 10.4. The van der Waals surface area contributed by atoms with Gasteiger partial charge in [-0.2, -0.15) is 10.1 Å². The first-order valence-electron chi connectivity index (χ1n) is 4.65. The molecule has 0 amide bonds. The van der Waals surface area contributed by atoms with Crippen molar-refractivity contribution in [3.63, 3.8) is 0 Å². The third kappa shape index (κ3) is 1.89. The molecule has 1 aromatic heterocycles. The molecular weight excluding hydrogens is 226 g/mol. The zero-order valence-corrected chi connectivity index (χ0v) is 9.31. The van der Waals surface area contributed by atoms with Crippen molar-refractivity contribution in [2.24, 2.45) is 5.18 Å². The van der Waals surface area contributed by atoms with Crippen LogP contribution in [0.5, 0.6) is 0 Å². The molecule has 7 heteroatoms. The topological polar surface area (TPSA) is 75.9 Å². The largest absolute Gasteiger partial charge is 0.242 e. The molecule has 1 heterocycles. The molecule has 0 radical (unpaired) electrons. The van der Waals surface area contributed by atoms with Crippen LogP contribution in [0.4, 0.5) is 0 Å². The number of hydrogen-bond donors (Lipinski definition) is 1. The van der Waals surface area contributed by atoms with Crippen LogP contribution >= 0.6 is 12.2 Å². The molecule has 0 saturated heterocycles. The summed E-state index contributed by atoms with van der Waals surface area (Å²) in [7, 11) is 0. The first-order chi connectivity index (χ1) is 7.72. The molecule has 0 bridgehead atoms. The normalized spacial score (nSPS) is 12.3. The van der Waals surface area contributed by atoms with Gasteiger partial charge in [-0.3, -0.25) is 0 Å². The second-order valence-corrected chi connectivity index (χ2v) is 3.66. The van der Waals surface area contributed by atoms with Crippen molar-refractivity contribution < 1.29 is 0 Å². The SMILES string of the molecule is CC(N=O)c1ccc(-n2[nH]nnc2=S)cc1. The second-order valence-electron chi connectivity index (χ2n) is 3.29. The molecule has 6 nitrogen and oxygen atoms in total. The monoisotopic (exact) mass is 235 g/mol. The fourth-order valence-corrected chi connectivity index (χ4v) is 1.52. The molecule has 0 saturated carbocycles. The summed E-state index contributed by atoms with van der Waals surface area (Å²) < 4.78 is 1.92. The van der Waals surface area contributed by atoms with Gasteiger partial charge >= 0.3 is 0 Å². The molecule has 0 aliphatic rings. The predicted molar refractivity (Wildman–Crippen MR) is 60.8 cm³/mol. The number of rotatable bonds is 3. The summed E-state index contributed by atoms with van der Waals surface area (Å²) >= 11 is 4.96. The van der Waals surface area contributed by atoms with E-state index in [4.69, 9.17) is 12.2 Å². The van der Waals surface area contributed by atoms with E-state index in [1.165, 1.54) is 0 Å². The highest BCUT2D eigenvalue weighted by Crippen LogP contribution is 2.17. The van der Waals surface area contributed by atoms with Crippen LogP contribution in [0.1, 0.15) is 18.5 Å². The zero-order valence-electron chi connectivity index (χ0n) is 8.49. The minimum atomic E-state index is -0.345. The number of benzene rings is 1. The highest BCUT2D eigenvalue weighted by Gasteiger charge is 2.05. The summed E-state index contributed by atoms with van der Waals surface area (Å²) in [5.74, 6) is 0. The summed E-state index contributed by atoms with van der Waals surface area (Å²) in [5, 5.41) is 12.9. The molecule has 0 fully saturated rings. The Kier molecular flexibility index (Phi) is 2.86. The van der Waals surface area contributed by atoms with Crippen LogP contribution in [-0.4, -0.2) is 20.2 Å². The van der Waals surface area contributed by atoms with Gasteiger partial charge in [-0.25, -0.2) is 4.68 Å². The minimum absolute atomic E-state index is 0.345. The Morgan fingerprint density at radius 3 is 2.62 bits per heavy atom. The number of nitrogens with one attached hydrogen (secondary N) is 1. The van der Waals surface area contributed by atoms with Crippen molar-refractivity contribution in [2.45, 2.75) is 13.0 Å². The van der Waals surface area contributed by atoms with Gasteiger partial charge in [-0.1, -0.05) is 27.6 Å². The van der Waals surface area contributed by atoms with E-state index in [0.717, 1.165) is 11.3 Å². The smallest absolute Gasteiger partial charge is 0.210 e. The predicted octanol–water partition coefficient (Wildman–Crippen LogP) is 2.15. The average Bonchev–Trinajstić information content (AvgIpc) is 2.75. The third-order valence-electron chi connectivity index (χ3n) is 2.26. The first kappa shape index (κ1) is 10.6. The Labute approximate surface area is 96.3 Å². The number of tetrazole rings is 1. The van der Waals surface area contributed by atoms with Crippen molar-refractivity contribution in [1.82, 2.24) is 20.2 Å². The maximum Gasteiger partial charge on any atom is 0.242 e. The summed E-state index contributed by atoms with van der Waals surface area (Å²) in [5.41, 5.74) is 1.68. The van der Waals surface area contributed by atoms with Gasteiger partial charge in [-0.15, -0.1) is 0 Å². The van der Waals surface area contributed by atoms with Crippen molar-refractivity contribution in [1.29, 1.82) is 0 Å². The minimum Gasteiger partial charge on any atom is -0.210 e. The first-order valence-corrected chi connectivity index (χ1v) is 5.06. The van der Waals surface area contributed by atoms with Crippen LogP contribution < -0.4 is 0 Å². The quantitative estimate of drug-likeness (QED) is 0.653. The average molecular weight is 235 g/mol. The molecule has 82 valence electrons. The van der Waals surface area contributed by atoms with Gasteiger partial charge in [0.15, 0.2) is 0 Å².